The molecule has 0 aliphatic heterocycles. The van der Waals surface area contributed by atoms with Crippen molar-refractivity contribution in [1.82, 2.24) is 0 Å². The number of hydrogen-bond acceptors (Lipinski definition) is 6. The molecular formula is AlNa4O6P. The second-order valence-corrected chi connectivity index (χ2v) is 1.63. The molecule has 0 atom stereocenters. The van der Waals surface area contributed by atoms with Crippen LogP contribution in [0.3, 0.4) is 0 Å². The molecule has 0 bridgehead atoms. The summed E-state index contributed by atoms with van der Waals surface area (Å²) in [7, 11) is -5.39. The third kappa shape index (κ3) is 139. The van der Waals surface area contributed by atoms with Crippen LogP contribution < -0.4 is 137 Å². The summed E-state index contributed by atoms with van der Waals surface area (Å²) in [5, 5.41) is 0. The Kier molecular flexibility index (Phi) is 73.3. The van der Waals surface area contributed by atoms with Crippen LogP contribution in [0.2, 0.25) is 0 Å². The monoisotopic (exact) mass is 246 g/mol. The van der Waals surface area contributed by atoms with Gasteiger partial charge in [-0.2, -0.15) is 7.82 Å². The van der Waals surface area contributed by atoms with Crippen molar-refractivity contribution in [2.45, 2.75) is 0 Å². The van der Waals surface area contributed by atoms with Gasteiger partial charge in [0.2, 0.25) is 0 Å². The molecule has 0 aromatic heterocycles. The Labute approximate surface area is 165 Å². The molecule has 0 radical (unpaired) electrons. The summed E-state index contributed by atoms with van der Waals surface area (Å²) in [4.78, 5) is 25.6. The molecule has 12 heavy (non-hydrogen) atoms. The zero-order valence-electron chi connectivity index (χ0n) is 7.47. The average molecular weight is 246 g/mol. The Hall–Kier alpha value is 4.24. The molecule has 12 heteroatoms. The molecule has 0 saturated carbocycles. The molecule has 0 aromatic carbocycles. The molecule has 0 aliphatic rings. The van der Waals surface area contributed by atoms with Crippen LogP contribution in [0.5, 0.6) is 0 Å². The minimum atomic E-state index is -5.39. The fourth-order valence-corrected chi connectivity index (χ4v) is 0. The Morgan fingerprint density at radius 3 is 0.917 bits per heavy atom. The maximum absolute atomic E-state index is 8.55. The molecule has 0 fully saturated rings. The summed E-state index contributed by atoms with van der Waals surface area (Å²) in [5.74, 6) is 0. The van der Waals surface area contributed by atoms with Gasteiger partial charge in [-0.25, -0.2) is 0 Å². The van der Waals surface area contributed by atoms with Crippen LogP contribution >= 0.6 is 7.82 Å². The summed E-state index contributed by atoms with van der Waals surface area (Å²) in [6.07, 6.45) is 0. The molecule has 0 unspecified atom stereocenters. The van der Waals surface area contributed by atoms with Crippen molar-refractivity contribution in [2.24, 2.45) is 0 Å². The summed E-state index contributed by atoms with van der Waals surface area (Å²) in [6.45, 7) is 0. The van der Waals surface area contributed by atoms with Gasteiger partial charge in [0.15, 0.2) is 0 Å². The van der Waals surface area contributed by atoms with Crippen LogP contribution in [0.1, 0.15) is 0 Å². The number of phosphoric acid groups is 1. The predicted molar refractivity (Wildman–Crippen MR) is 14.0 cm³/mol. The third-order valence-corrected chi connectivity index (χ3v) is 0. The van der Waals surface area contributed by atoms with E-state index >= 15 is 0 Å². The Morgan fingerprint density at radius 1 is 0.917 bits per heavy atom. The quantitative estimate of drug-likeness (QED) is 0.308. The topological polar surface area (TPSA) is 126 Å². The van der Waals surface area contributed by atoms with Gasteiger partial charge in [0.25, 0.3) is 0 Å². The molecule has 0 N–H and O–H groups in total. The van der Waals surface area contributed by atoms with E-state index in [0.717, 1.165) is 0 Å². The van der Waals surface area contributed by atoms with Crippen LogP contribution in [0.25, 0.3) is 0 Å². The number of rotatable bonds is 0. The van der Waals surface area contributed by atoms with Crippen LogP contribution in [0.15, 0.2) is 0 Å². The summed E-state index contributed by atoms with van der Waals surface area (Å²) in [6, 6.07) is 0. The van der Waals surface area contributed by atoms with Gasteiger partial charge in [0.1, 0.15) is 0 Å². The van der Waals surface area contributed by atoms with Crippen LogP contribution in [-0.4, -0.2) is 15.5 Å². The first kappa shape index (κ1) is 36.0. The van der Waals surface area contributed by atoms with E-state index in [1.807, 2.05) is 0 Å². The van der Waals surface area contributed by atoms with Gasteiger partial charge in [0, 0.05) is 0 Å². The Balaban J connectivity index is -0.0000000119. The van der Waals surface area contributed by atoms with Crippen molar-refractivity contribution >= 4 is 23.3 Å². The summed E-state index contributed by atoms with van der Waals surface area (Å²) >= 11 is -1.75. The molecule has 0 heterocycles. The van der Waals surface area contributed by atoms with Gasteiger partial charge in [-0.1, -0.05) is 0 Å². The minimum absolute atomic E-state index is 0. The molecule has 0 saturated heterocycles. The van der Waals surface area contributed by atoms with Crippen molar-refractivity contribution in [3.8, 4) is 0 Å². The second-order valence-electron chi connectivity index (χ2n) is 0.543. The van der Waals surface area contributed by atoms with Crippen molar-refractivity contribution in [2.75, 3.05) is 0 Å². The molecular weight excluding hydrogens is 246 g/mol. The molecule has 0 spiro atoms. The second kappa shape index (κ2) is 24.5. The van der Waals surface area contributed by atoms with E-state index in [9.17, 15) is 0 Å². The third-order valence-electron chi connectivity index (χ3n) is 0. The zero-order valence-corrected chi connectivity index (χ0v) is 17.5. The maximum atomic E-state index is 8.55. The van der Waals surface area contributed by atoms with E-state index in [2.05, 4.69) is 0 Å². The normalized spacial score (nSPS) is 5.58. The van der Waals surface area contributed by atoms with E-state index in [4.69, 9.17) is 27.2 Å². The summed E-state index contributed by atoms with van der Waals surface area (Å²) < 4.78 is 25.5. The van der Waals surface area contributed by atoms with Crippen molar-refractivity contribution in [3.05, 3.63) is 0 Å². The van der Waals surface area contributed by atoms with Crippen LogP contribution in [0.4, 0.5) is 0 Å². The van der Waals surface area contributed by atoms with Crippen LogP contribution in [0, 0.1) is 0 Å². The summed E-state index contributed by atoms with van der Waals surface area (Å²) in [5.41, 5.74) is 0. The van der Waals surface area contributed by atoms with Gasteiger partial charge in [-0.3, -0.25) is 0 Å². The van der Waals surface area contributed by atoms with Gasteiger partial charge in [0.05, 0.1) is 0 Å². The molecule has 48 valence electrons. The van der Waals surface area contributed by atoms with Gasteiger partial charge < -0.3 is 19.2 Å². The van der Waals surface area contributed by atoms with Crippen LogP contribution in [-0.2, 0) is 8.37 Å². The van der Waals surface area contributed by atoms with E-state index in [1.54, 1.807) is 0 Å². The van der Waals surface area contributed by atoms with E-state index in [-0.39, 0.29) is 118 Å². The SMILES string of the molecule is O=P([O-])([O-])[O-].[Na+].[Na+].[Na+].[Na+].[O]=[Al][O-]. The fourth-order valence-electron chi connectivity index (χ4n) is 0. The van der Waals surface area contributed by atoms with E-state index < -0.39 is 23.3 Å². The number of hydrogen-bond donors (Lipinski definition) is 0. The van der Waals surface area contributed by atoms with Crippen molar-refractivity contribution in [1.29, 1.82) is 0 Å². The van der Waals surface area contributed by atoms with Crippen molar-refractivity contribution in [3.63, 3.8) is 0 Å². The van der Waals surface area contributed by atoms with Gasteiger partial charge in [-0.05, 0) is 0 Å². The first-order valence-electron chi connectivity index (χ1n) is 1.20. The molecule has 0 aromatic rings. The Morgan fingerprint density at radius 2 is 0.917 bits per heavy atom. The molecule has 6 nitrogen and oxygen atoms in total. The molecule has 0 rings (SSSR count). The van der Waals surface area contributed by atoms with E-state index in [1.165, 1.54) is 0 Å². The molecule has 0 aliphatic carbocycles. The first-order chi connectivity index (χ1) is 3.41. The van der Waals surface area contributed by atoms with Gasteiger partial charge >= 0.3 is 142 Å². The average Bonchev–Trinajstić information content (AvgIpc) is 1.27. The fraction of sp³-hybridized carbons (Fsp3) is 0. The zero-order chi connectivity index (χ0) is 7.21. The standard InChI is InChI=1S/Al.4Na.H3O4P.2O/c;;;;;1-5(2,3)4;;/h;;;;;(H3,1,2,3,4);;/q;4*+1;;;-1/p-3. The van der Waals surface area contributed by atoms with Crippen molar-refractivity contribution < 1.29 is 145 Å². The van der Waals surface area contributed by atoms with E-state index in [0.29, 0.717) is 0 Å². The van der Waals surface area contributed by atoms with Gasteiger partial charge in [-0.15, -0.1) is 0 Å². The Bertz CT molecular complexity index is 93.5. The predicted octanol–water partition coefficient (Wildman–Crippen LogP) is -16.5. The first-order valence-corrected chi connectivity index (χ1v) is 3.61. The molecule has 0 amide bonds.